The van der Waals surface area contributed by atoms with Gasteiger partial charge in [0.2, 0.25) is 5.91 Å². The summed E-state index contributed by atoms with van der Waals surface area (Å²) in [4.78, 5) is 18.8. The number of hydrogen-bond donors (Lipinski definition) is 1. The van der Waals surface area contributed by atoms with Crippen molar-refractivity contribution >= 4 is 5.91 Å². The second-order valence-electron chi connectivity index (χ2n) is 7.84. The number of primary amides is 1. The van der Waals surface area contributed by atoms with Crippen LogP contribution in [0.25, 0.3) is 0 Å². The fourth-order valence-corrected chi connectivity index (χ4v) is 4.71. The third kappa shape index (κ3) is 4.21. The molecule has 6 heteroatoms. The molecule has 2 atom stereocenters. The number of carbonyl (C=O) groups is 1. The maximum Gasteiger partial charge on any atom is 0.225 e. The third-order valence-electron chi connectivity index (χ3n) is 5.95. The van der Waals surface area contributed by atoms with Crippen LogP contribution in [-0.4, -0.2) is 44.7 Å². The van der Waals surface area contributed by atoms with Crippen LogP contribution in [0.1, 0.15) is 55.2 Å². The summed E-state index contributed by atoms with van der Waals surface area (Å²) >= 11 is 0. The Morgan fingerprint density at radius 2 is 1.93 bits per heavy atom. The second kappa shape index (κ2) is 8.21. The number of rotatable bonds is 6. The highest BCUT2D eigenvalue weighted by molar-refractivity contribution is 5.75. The van der Waals surface area contributed by atoms with Crippen molar-refractivity contribution in [2.45, 2.75) is 63.5 Å². The number of hydrogen-bond acceptors (Lipinski definition) is 4. The van der Waals surface area contributed by atoms with Gasteiger partial charge in [0.25, 0.3) is 0 Å². The standard InChI is InChI=1S/C21H29N5O/c22-19(27)15-20-23-21(17-9-6-13-25-12-5-4-10-18(17)25)26(24-20)14-11-16-7-2-1-3-8-16/h1-3,7-8,17-18H,4-6,9-15H2,(H2,22,27)/t17-,18-/m1/s1. The van der Waals surface area contributed by atoms with Crippen molar-refractivity contribution in [3.63, 3.8) is 0 Å². The van der Waals surface area contributed by atoms with E-state index in [-0.39, 0.29) is 12.3 Å². The summed E-state index contributed by atoms with van der Waals surface area (Å²) in [7, 11) is 0. The van der Waals surface area contributed by atoms with Crippen molar-refractivity contribution in [1.82, 2.24) is 19.7 Å². The van der Waals surface area contributed by atoms with Crippen LogP contribution in [0.4, 0.5) is 0 Å². The van der Waals surface area contributed by atoms with Crippen LogP contribution in [0.2, 0.25) is 0 Å². The number of piperidine rings is 2. The molecule has 0 spiro atoms. The van der Waals surface area contributed by atoms with Gasteiger partial charge in [-0.2, -0.15) is 5.10 Å². The highest BCUT2D eigenvalue weighted by Gasteiger charge is 2.36. The molecule has 0 saturated carbocycles. The van der Waals surface area contributed by atoms with E-state index in [1.807, 2.05) is 10.7 Å². The molecule has 2 N–H and O–H groups in total. The van der Waals surface area contributed by atoms with Gasteiger partial charge in [0.1, 0.15) is 5.82 Å². The van der Waals surface area contributed by atoms with Crippen molar-refractivity contribution in [3.05, 3.63) is 47.5 Å². The highest BCUT2D eigenvalue weighted by Crippen LogP contribution is 2.36. The lowest BCUT2D eigenvalue weighted by Crippen LogP contribution is -2.47. The van der Waals surface area contributed by atoms with Crippen molar-refractivity contribution in [2.75, 3.05) is 13.1 Å². The van der Waals surface area contributed by atoms with Gasteiger partial charge >= 0.3 is 0 Å². The van der Waals surface area contributed by atoms with Crippen molar-refractivity contribution in [3.8, 4) is 0 Å². The summed E-state index contributed by atoms with van der Waals surface area (Å²) in [6, 6.07) is 11.0. The minimum atomic E-state index is -0.371. The van der Waals surface area contributed by atoms with Gasteiger partial charge in [-0.25, -0.2) is 9.67 Å². The molecular formula is C21H29N5O. The van der Waals surface area contributed by atoms with Crippen LogP contribution in [0.15, 0.2) is 30.3 Å². The van der Waals surface area contributed by atoms with E-state index >= 15 is 0 Å². The van der Waals surface area contributed by atoms with Crippen molar-refractivity contribution < 1.29 is 4.79 Å². The molecule has 0 bridgehead atoms. The molecule has 4 rings (SSSR count). The van der Waals surface area contributed by atoms with E-state index in [0.717, 1.165) is 25.2 Å². The van der Waals surface area contributed by atoms with Crippen LogP contribution >= 0.6 is 0 Å². The molecule has 1 aromatic heterocycles. The number of carbonyl (C=O) groups excluding carboxylic acids is 1. The number of aryl methyl sites for hydroxylation is 2. The van der Waals surface area contributed by atoms with Gasteiger partial charge in [-0.15, -0.1) is 0 Å². The molecule has 2 aliphatic rings. The van der Waals surface area contributed by atoms with Crippen LogP contribution in [-0.2, 0) is 24.2 Å². The first kappa shape index (κ1) is 18.2. The zero-order valence-corrected chi connectivity index (χ0v) is 15.9. The Morgan fingerprint density at radius 1 is 1.11 bits per heavy atom. The summed E-state index contributed by atoms with van der Waals surface area (Å²) in [6.07, 6.45) is 7.22. The number of nitrogens with zero attached hydrogens (tertiary/aromatic N) is 4. The first-order valence-corrected chi connectivity index (χ1v) is 10.2. The van der Waals surface area contributed by atoms with Gasteiger partial charge in [-0.1, -0.05) is 36.8 Å². The summed E-state index contributed by atoms with van der Waals surface area (Å²) in [5.41, 5.74) is 6.69. The lowest BCUT2D eigenvalue weighted by Gasteiger charge is -2.43. The smallest absolute Gasteiger partial charge is 0.225 e. The summed E-state index contributed by atoms with van der Waals surface area (Å²) in [6.45, 7) is 3.19. The molecule has 0 unspecified atom stereocenters. The zero-order chi connectivity index (χ0) is 18.6. The molecule has 2 fully saturated rings. The van der Waals surface area contributed by atoms with Gasteiger partial charge in [0, 0.05) is 18.5 Å². The third-order valence-corrected chi connectivity index (χ3v) is 5.95. The Labute approximate surface area is 160 Å². The topological polar surface area (TPSA) is 77.0 Å². The molecule has 144 valence electrons. The fourth-order valence-electron chi connectivity index (χ4n) is 4.71. The van der Waals surface area contributed by atoms with E-state index in [2.05, 4.69) is 34.3 Å². The van der Waals surface area contributed by atoms with Gasteiger partial charge in [-0.3, -0.25) is 9.69 Å². The fraction of sp³-hybridized carbons (Fsp3) is 0.571. The van der Waals surface area contributed by atoms with E-state index < -0.39 is 0 Å². The SMILES string of the molecule is NC(=O)Cc1nc([C@@H]2CCCN3CCCC[C@H]23)n(CCc2ccccc2)n1. The van der Waals surface area contributed by atoms with Gasteiger partial charge < -0.3 is 5.73 Å². The number of aromatic nitrogens is 3. The Morgan fingerprint density at radius 3 is 2.74 bits per heavy atom. The molecule has 27 heavy (non-hydrogen) atoms. The van der Waals surface area contributed by atoms with Gasteiger partial charge in [0.15, 0.2) is 5.82 Å². The van der Waals surface area contributed by atoms with Crippen molar-refractivity contribution in [2.24, 2.45) is 5.73 Å². The number of fused-ring (bicyclic) bond motifs is 1. The minimum Gasteiger partial charge on any atom is -0.369 e. The summed E-state index contributed by atoms with van der Waals surface area (Å²) in [5, 5.41) is 4.66. The maximum absolute atomic E-state index is 11.4. The van der Waals surface area contributed by atoms with E-state index in [4.69, 9.17) is 10.7 Å². The molecule has 2 aliphatic heterocycles. The highest BCUT2D eigenvalue weighted by atomic mass is 16.1. The summed E-state index contributed by atoms with van der Waals surface area (Å²) in [5.74, 6) is 1.66. The molecule has 0 radical (unpaired) electrons. The maximum atomic E-state index is 11.4. The van der Waals surface area contributed by atoms with E-state index in [0.29, 0.717) is 17.8 Å². The predicted octanol–water partition coefficient (Wildman–Crippen LogP) is 2.28. The monoisotopic (exact) mass is 367 g/mol. The van der Waals surface area contributed by atoms with E-state index in [1.165, 1.54) is 44.3 Å². The molecular weight excluding hydrogens is 338 g/mol. The average molecular weight is 367 g/mol. The Kier molecular flexibility index (Phi) is 5.53. The molecule has 1 amide bonds. The molecule has 2 aromatic rings. The van der Waals surface area contributed by atoms with E-state index in [9.17, 15) is 4.79 Å². The summed E-state index contributed by atoms with van der Waals surface area (Å²) < 4.78 is 2.05. The molecule has 3 heterocycles. The largest absolute Gasteiger partial charge is 0.369 e. The lowest BCUT2D eigenvalue weighted by atomic mass is 9.83. The normalized spacial score (nSPS) is 23.1. The van der Waals surface area contributed by atoms with Crippen LogP contribution < -0.4 is 5.73 Å². The molecule has 6 nitrogen and oxygen atoms in total. The lowest BCUT2D eigenvalue weighted by molar-refractivity contribution is -0.117. The Hall–Kier alpha value is -2.21. The minimum absolute atomic E-state index is 0.117. The zero-order valence-electron chi connectivity index (χ0n) is 15.9. The number of benzene rings is 1. The quantitative estimate of drug-likeness (QED) is 0.850. The predicted molar refractivity (Wildman–Crippen MR) is 104 cm³/mol. The Bertz CT molecular complexity index is 770. The number of amides is 1. The molecule has 0 aliphatic carbocycles. The van der Waals surface area contributed by atoms with Crippen molar-refractivity contribution in [1.29, 1.82) is 0 Å². The second-order valence-corrected chi connectivity index (χ2v) is 7.84. The van der Waals surface area contributed by atoms with Crippen LogP contribution in [0.5, 0.6) is 0 Å². The first-order valence-electron chi connectivity index (χ1n) is 10.2. The number of nitrogens with two attached hydrogens (primary N) is 1. The van der Waals surface area contributed by atoms with Gasteiger partial charge in [0.05, 0.1) is 6.42 Å². The average Bonchev–Trinajstić information content (AvgIpc) is 3.08. The van der Waals surface area contributed by atoms with Crippen LogP contribution in [0, 0.1) is 0 Å². The van der Waals surface area contributed by atoms with Crippen LogP contribution in [0.3, 0.4) is 0 Å². The molecule has 1 aromatic carbocycles. The van der Waals surface area contributed by atoms with E-state index in [1.54, 1.807) is 0 Å². The van der Waals surface area contributed by atoms with Gasteiger partial charge in [-0.05, 0) is 50.8 Å². The molecule has 2 saturated heterocycles. The first-order chi connectivity index (χ1) is 13.2. The Balaban J connectivity index is 1.59.